The van der Waals surface area contributed by atoms with Gasteiger partial charge in [-0.1, -0.05) is 25.1 Å². The quantitative estimate of drug-likeness (QED) is 0.571. The first kappa shape index (κ1) is 13.7. The summed E-state index contributed by atoms with van der Waals surface area (Å²) in [7, 11) is -2.70. The second-order valence-corrected chi connectivity index (χ2v) is 7.84. The van der Waals surface area contributed by atoms with Crippen molar-refractivity contribution >= 4 is 22.7 Å². The number of para-hydroxylation sites is 1. The lowest BCUT2D eigenvalue weighted by atomic mass is 10.3. The van der Waals surface area contributed by atoms with E-state index in [9.17, 15) is 0 Å². The third-order valence-electron chi connectivity index (χ3n) is 1.78. The van der Waals surface area contributed by atoms with E-state index in [1.807, 2.05) is 37.3 Å². The van der Waals surface area contributed by atoms with Crippen LogP contribution in [-0.4, -0.2) is 20.6 Å². The molecule has 1 aromatic rings. The maximum absolute atomic E-state index is 5.76. The van der Waals surface area contributed by atoms with Gasteiger partial charge in [0.2, 0.25) is 0 Å². The minimum atomic E-state index is -2.70. The van der Waals surface area contributed by atoms with Gasteiger partial charge >= 0.3 is 7.42 Å². The van der Waals surface area contributed by atoms with Crippen LogP contribution in [0.15, 0.2) is 30.3 Å². The molecule has 0 aliphatic heterocycles. The number of hydrogen-bond acceptors (Lipinski definition) is 3. The molecule has 16 heavy (non-hydrogen) atoms. The van der Waals surface area contributed by atoms with Gasteiger partial charge < -0.3 is 13.3 Å². The Kier molecular flexibility index (Phi) is 6.04. The molecule has 0 saturated carbocycles. The minimum Gasteiger partial charge on any atom is -0.493 e. The molecule has 1 atom stereocenters. The van der Waals surface area contributed by atoms with Crippen molar-refractivity contribution in [3.63, 3.8) is 0 Å². The van der Waals surface area contributed by atoms with Crippen molar-refractivity contribution in [3.8, 4) is 5.75 Å². The highest BCUT2D eigenvalue weighted by molar-refractivity contribution is 9.25. The van der Waals surface area contributed by atoms with Crippen LogP contribution in [-0.2, 0) is 8.85 Å². The molecule has 0 aliphatic rings. The average molecular weight is 305 g/mol. The van der Waals surface area contributed by atoms with Gasteiger partial charge in [0.05, 0.1) is 0 Å². The van der Waals surface area contributed by atoms with Crippen LogP contribution < -0.4 is 4.43 Å². The normalized spacial score (nSPS) is 14.4. The summed E-state index contributed by atoms with van der Waals surface area (Å²) in [5.74, 6) is 0.760. The fourth-order valence-electron chi connectivity index (χ4n) is 1.13. The number of rotatable bonds is 7. The van der Waals surface area contributed by atoms with Crippen molar-refractivity contribution in [1.82, 2.24) is 0 Å². The Hall–Kier alpha value is -0.363. The lowest BCUT2D eigenvalue weighted by Gasteiger charge is -2.23. The zero-order chi connectivity index (χ0) is 11.9. The summed E-state index contributed by atoms with van der Waals surface area (Å²) in [6, 6.07) is 9.55. The molecule has 0 aliphatic carbocycles. The van der Waals surface area contributed by atoms with Crippen LogP contribution in [0.1, 0.15) is 20.3 Å². The summed E-state index contributed by atoms with van der Waals surface area (Å²) in [4.78, 5) is 0. The molecule has 0 aromatic heterocycles. The molecule has 1 rings (SSSR count). The molecule has 1 unspecified atom stereocenters. The first-order valence-corrected chi connectivity index (χ1v) is 9.39. The molecule has 0 amide bonds. The van der Waals surface area contributed by atoms with Gasteiger partial charge in [-0.15, -0.1) is 0 Å². The van der Waals surface area contributed by atoms with Crippen LogP contribution in [0.25, 0.3) is 0 Å². The summed E-state index contributed by atoms with van der Waals surface area (Å²) in [6.45, 7) is 5.17. The van der Waals surface area contributed by atoms with E-state index in [0.29, 0.717) is 13.2 Å². The predicted molar refractivity (Wildman–Crippen MR) is 69.6 cm³/mol. The molecule has 3 nitrogen and oxygen atoms in total. The Labute approximate surface area is 106 Å². The van der Waals surface area contributed by atoms with Gasteiger partial charge in [0.25, 0.3) is 0 Å². The number of hydrogen-bond donors (Lipinski definition) is 0. The number of benzene rings is 1. The standard InChI is InChI=1S/C11H17BrO3Si/c1-3-10-14-16(12,13-4-2)15-11-8-6-5-7-9-11/h5-9H,3-4,10H2,1-2H3. The van der Waals surface area contributed by atoms with E-state index in [1.165, 1.54) is 0 Å². The fraction of sp³-hybridized carbons (Fsp3) is 0.455. The summed E-state index contributed by atoms with van der Waals surface area (Å²) >= 11 is 3.46. The zero-order valence-corrected chi connectivity index (χ0v) is 12.2. The summed E-state index contributed by atoms with van der Waals surface area (Å²) in [5, 5.41) is 0. The Bertz CT molecular complexity index is 297. The van der Waals surface area contributed by atoms with Crippen LogP contribution in [0.2, 0.25) is 0 Å². The van der Waals surface area contributed by atoms with Crippen LogP contribution >= 0.6 is 15.3 Å². The largest absolute Gasteiger partial charge is 0.646 e. The van der Waals surface area contributed by atoms with Crippen molar-refractivity contribution in [3.05, 3.63) is 30.3 Å². The van der Waals surface area contributed by atoms with E-state index in [2.05, 4.69) is 22.2 Å². The highest BCUT2D eigenvalue weighted by atomic mass is 79.9. The molecule has 0 N–H and O–H groups in total. The summed E-state index contributed by atoms with van der Waals surface area (Å²) in [6.07, 6.45) is 0.936. The SMILES string of the molecule is CCCO[Si](Br)(OCC)Oc1ccccc1. The molecule has 90 valence electrons. The van der Waals surface area contributed by atoms with Crippen LogP contribution in [0.5, 0.6) is 5.75 Å². The van der Waals surface area contributed by atoms with Gasteiger partial charge in [-0.25, -0.2) is 0 Å². The molecule has 5 heteroatoms. The van der Waals surface area contributed by atoms with E-state index >= 15 is 0 Å². The van der Waals surface area contributed by atoms with Gasteiger partial charge in [0.1, 0.15) is 5.75 Å². The fourth-order valence-corrected chi connectivity index (χ4v) is 4.27. The van der Waals surface area contributed by atoms with Gasteiger partial charge in [0, 0.05) is 13.2 Å². The van der Waals surface area contributed by atoms with E-state index in [1.54, 1.807) is 0 Å². The number of halogens is 1. The topological polar surface area (TPSA) is 27.7 Å². The second kappa shape index (κ2) is 7.06. The van der Waals surface area contributed by atoms with E-state index in [0.717, 1.165) is 12.2 Å². The van der Waals surface area contributed by atoms with Gasteiger partial charge in [0.15, 0.2) is 0 Å². The molecule has 1 aromatic carbocycles. The molecule has 0 radical (unpaired) electrons. The van der Waals surface area contributed by atoms with E-state index in [4.69, 9.17) is 13.3 Å². The van der Waals surface area contributed by atoms with Crippen LogP contribution in [0.3, 0.4) is 0 Å². The molecular formula is C11H17BrO3Si. The Morgan fingerprint density at radius 3 is 2.38 bits per heavy atom. The third-order valence-corrected chi connectivity index (χ3v) is 5.30. The van der Waals surface area contributed by atoms with Crippen LogP contribution in [0, 0.1) is 0 Å². The molecule has 0 bridgehead atoms. The Morgan fingerprint density at radius 1 is 1.12 bits per heavy atom. The smallest absolute Gasteiger partial charge is 0.493 e. The molecule has 0 fully saturated rings. The van der Waals surface area contributed by atoms with Crippen molar-refractivity contribution in [1.29, 1.82) is 0 Å². The molecule has 0 saturated heterocycles. The third kappa shape index (κ3) is 4.65. The lowest BCUT2D eigenvalue weighted by molar-refractivity contribution is 0.138. The highest BCUT2D eigenvalue weighted by Gasteiger charge is 2.40. The van der Waals surface area contributed by atoms with E-state index in [-0.39, 0.29) is 0 Å². The minimum absolute atomic E-state index is 0.564. The van der Waals surface area contributed by atoms with E-state index < -0.39 is 7.42 Å². The lowest BCUT2D eigenvalue weighted by Crippen LogP contribution is -2.43. The van der Waals surface area contributed by atoms with Crippen molar-refractivity contribution in [2.24, 2.45) is 0 Å². The van der Waals surface area contributed by atoms with Gasteiger partial charge in [-0.05, 0) is 40.8 Å². The predicted octanol–water partition coefficient (Wildman–Crippen LogP) is 3.36. The van der Waals surface area contributed by atoms with Crippen molar-refractivity contribution in [2.75, 3.05) is 13.2 Å². The average Bonchev–Trinajstić information content (AvgIpc) is 2.28. The maximum Gasteiger partial charge on any atom is 0.646 e. The first-order valence-electron chi connectivity index (χ1n) is 5.41. The van der Waals surface area contributed by atoms with Crippen LogP contribution in [0.4, 0.5) is 0 Å². The summed E-state index contributed by atoms with van der Waals surface area (Å²) < 4.78 is 16.9. The zero-order valence-electron chi connectivity index (χ0n) is 9.61. The Morgan fingerprint density at radius 2 is 1.81 bits per heavy atom. The maximum atomic E-state index is 5.76. The molecule has 0 spiro atoms. The van der Waals surface area contributed by atoms with Gasteiger partial charge in [-0.2, -0.15) is 0 Å². The Balaban J connectivity index is 2.62. The monoisotopic (exact) mass is 304 g/mol. The first-order chi connectivity index (χ1) is 7.70. The van der Waals surface area contributed by atoms with Crippen molar-refractivity contribution < 1.29 is 13.3 Å². The molecule has 0 heterocycles. The summed E-state index contributed by atoms with van der Waals surface area (Å²) in [5.41, 5.74) is 0. The second-order valence-electron chi connectivity index (χ2n) is 3.18. The van der Waals surface area contributed by atoms with Gasteiger partial charge in [-0.3, -0.25) is 0 Å². The highest BCUT2D eigenvalue weighted by Crippen LogP contribution is 2.22. The van der Waals surface area contributed by atoms with Crippen molar-refractivity contribution in [2.45, 2.75) is 20.3 Å². The molecular weight excluding hydrogens is 288 g/mol.